The van der Waals surface area contributed by atoms with Gasteiger partial charge >= 0.3 is 6.09 Å². The summed E-state index contributed by atoms with van der Waals surface area (Å²) in [5.74, 6) is 0.811. The quantitative estimate of drug-likeness (QED) is 0.842. The van der Waals surface area contributed by atoms with Gasteiger partial charge in [-0.05, 0) is 58.9 Å². The molecule has 1 aromatic rings. The minimum atomic E-state index is -0.492. The Morgan fingerprint density at radius 1 is 1.14 bits per heavy atom. The molecule has 0 spiro atoms. The monoisotopic (exact) mass is 357 g/mol. The van der Waals surface area contributed by atoms with Gasteiger partial charge in [0.25, 0.3) is 0 Å². The molecule has 0 aliphatic rings. The van der Waals surface area contributed by atoms with Crippen LogP contribution in [-0.2, 0) is 4.74 Å². The minimum absolute atomic E-state index is 0.391. The first-order valence-corrected chi connectivity index (χ1v) is 7.76. The average molecular weight is 358 g/mol. The Balaban J connectivity index is 2.38. The predicted molar refractivity (Wildman–Crippen MR) is 87.7 cm³/mol. The first-order valence-electron chi connectivity index (χ1n) is 6.97. The smallest absolute Gasteiger partial charge is 0.408 e. The SMILES string of the molecule is CC(C)(CCOc1ccc(Br)cc1)NC(=O)OC(C)(C)C. The maximum absolute atomic E-state index is 11.8. The number of rotatable bonds is 5. The van der Waals surface area contributed by atoms with Crippen molar-refractivity contribution in [3.63, 3.8) is 0 Å². The van der Waals surface area contributed by atoms with E-state index >= 15 is 0 Å². The number of alkyl carbamates (subject to hydrolysis) is 1. The van der Waals surface area contributed by atoms with Crippen LogP contribution >= 0.6 is 15.9 Å². The maximum atomic E-state index is 11.8. The average Bonchev–Trinajstić information content (AvgIpc) is 2.28. The first-order chi connectivity index (χ1) is 9.57. The minimum Gasteiger partial charge on any atom is -0.494 e. The standard InChI is InChI=1S/C16H24BrNO3/c1-15(2,3)21-14(19)18-16(4,5)10-11-20-13-8-6-12(17)7-9-13/h6-9H,10-11H2,1-5H3,(H,18,19). The maximum Gasteiger partial charge on any atom is 0.408 e. The van der Waals surface area contributed by atoms with E-state index in [2.05, 4.69) is 21.2 Å². The molecule has 0 heterocycles. The number of hydrogen-bond donors (Lipinski definition) is 1. The zero-order valence-electron chi connectivity index (χ0n) is 13.3. The molecule has 0 bridgehead atoms. The molecule has 0 fully saturated rings. The molecule has 21 heavy (non-hydrogen) atoms. The molecule has 1 aromatic carbocycles. The lowest BCUT2D eigenvalue weighted by molar-refractivity contribution is 0.0461. The summed E-state index contributed by atoms with van der Waals surface area (Å²) in [6.07, 6.45) is 0.276. The van der Waals surface area contributed by atoms with E-state index < -0.39 is 17.2 Å². The molecule has 0 unspecified atom stereocenters. The Morgan fingerprint density at radius 3 is 2.24 bits per heavy atom. The summed E-state index contributed by atoms with van der Waals surface area (Å²) in [4.78, 5) is 11.8. The number of benzene rings is 1. The Kier molecular flexibility index (Phi) is 6.08. The molecule has 0 atom stereocenters. The Hall–Kier alpha value is -1.23. The largest absolute Gasteiger partial charge is 0.494 e. The molecule has 118 valence electrons. The van der Waals surface area contributed by atoms with E-state index in [0.29, 0.717) is 13.0 Å². The van der Waals surface area contributed by atoms with Gasteiger partial charge in [-0.1, -0.05) is 15.9 Å². The summed E-state index contributed by atoms with van der Waals surface area (Å²) in [7, 11) is 0. The molecule has 0 aliphatic heterocycles. The molecule has 0 aliphatic carbocycles. The van der Waals surface area contributed by atoms with Gasteiger partial charge in [0.1, 0.15) is 11.4 Å². The van der Waals surface area contributed by atoms with Crippen LogP contribution in [-0.4, -0.2) is 23.8 Å². The van der Waals surface area contributed by atoms with E-state index in [4.69, 9.17) is 9.47 Å². The molecule has 1 amide bonds. The highest BCUT2D eigenvalue weighted by atomic mass is 79.9. The number of carbonyl (C=O) groups excluding carboxylic acids is 1. The Morgan fingerprint density at radius 2 is 1.71 bits per heavy atom. The van der Waals surface area contributed by atoms with Gasteiger partial charge in [0.05, 0.1) is 6.61 Å². The van der Waals surface area contributed by atoms with Gasteiger partial charge in [0, 0.05) is 16.4 Å². The summed E-state index contributed by atoms with van der Waals surface area (Å²) in [5, 5.41) is 2.86. The van der Waals surface area contributed by atoms with Crippen LogP contribution < -0.4 is 10.1 Å². The fraction of sp³-hybridized carbons (Fsp3) is 0.562. The van der Waals surface area contributed by atoms with Crippen molar-refractivity contribution in [2.45, 2.75) is 52.2 Å². The molecule has 0 saturated heterocycles. The number of halogens is 1. The molecule has 0 aromatic heterocycles. The number of nitrogens with one attached hydrogen (secondary N) is 1. The van der Waals surface area contributed by atoms with E-state index in [1.165, 1.54) is 0 Å². The lowest BCUT2D eigenvalue weighted by Crippen LogP contribution is -2.46. The summed E-state index contributed by atoms with van der Waals surface area (Å²) < 4.78 is 11.9. The Labute approximate surface area is 135 Å². The third kappa shape index (κ3) is 7.95. The highest BCUT2D eigenvalue weighted by Crippen LogP contribution is 2.18. The van der Waals surface area contributed by atoms with E-state index in [1.807, 2.05) is 58.9 Å². The molecule has 0 saturated carbocycles. The van der Waals surface area contributed by atoms with Gasteiger partial charge in [-0.3, -0.25) is 0 Å². The number of hydrogen-bond acceptors (Lipinski definition) is 3. The van der Waals surface area contributed by atoms with Crippen LogP contribution in [0.3, 0.4) is 0 Å². The zero-order chi connectivity index (χ0) is 16.1. The van der Waals surface area contributed by atoms with Crippen LogP contribution in [0.2, 0.25) is 0 Å². The fourth-order valence-electron chi connectivity index (χ4n) is 1.60. The lowest BCUT2D eigenvalue weighted by atomic mass is 10.0. The third-order valence-electron chi connectivity index (χ3n) is 2.65. The highest BCUT2D eigenvalue weighted by molar-refractivity contribution is 9.10. The fourth-order valence-corrected chi connectivity index (χ4v) is 1.86. The molecule has 1 rings (SSSR count). The van der Waals surface area contributed by atoms with Crippen LogP contribution in [0.5, 0.6) is 5.75 Å². The van der Waals surface area contributed by atoms with Crippen LogP contribution in [0.15, 0.2) is 28.7 Å². The van der Waals surface area contributed by atoms with Crippen molar-refractivity contribution in [3.8, 4) is 5.75 Å². The van der Waals surface area contributed by atoms with Crippen molar-refractivity contribution in [2.75, 3.05) is 6.61 Å². The van der Waals surface area contributed by atoms with Crippen LogP contribution in [0.4, 0.5) is 4.79 Å². The molecular formula is C16H24BrNO3. The zero-order valence-corrected chi connectivity index (χ0v) is 14.9. The van der Waals surface area contributed by atoms with Crippen molar-refractivity contribution in [1.82, 2.24) is 5.32 Å². The second-order valence-corrected chi connectivity index (χ2v) is 7.48. The van der Waals surface area contributed by atoms with Crippen LogP contribution in [0, 0.1) is 0 Å². The molecule has 5 heteroatoms. The van der Waals surface area contributed by atoms with Gasteiger partial charge in [-0.2, -0.15) is 0 Å². The molecular weight excluding hydrogens is 334 g/mol. The topological polar surface area (TPSA) is 47.6 Å². The number of amides is 1. The van der Waals surface area contributed by atoms with Gasteiger partial charge in [0.2, 0.25) is 0 Å². The summed E-state index contributed by atoms with van der Waals surface area (Å²) in [6, 6.07) is 7.66. The summed E-state index contributed by atoms with van der Waals surface area (Å²) in [6.45, 7) is 9.94. The molecule has 1 N–H and O–H groups in total. The number of ether oxygens (including phenoxy) is 2. The highest BCUT2D eigenvalue weighted by Gasteiger charge is 2.24. The van der Waals surface area contributed by atoms with Crippen molar-refractivity contribution in [3.05, 3.63) is 28.7 Å². The van der Waals surface area contributed by atoms with E-state index in [-0.39, 0.29) is 0 Å². The van der Waals surface area contributed by atoms with Crippen molar-refractivity contribution in [2.24, 2.45) is 0 Å². The third-order valence-corrected chi connectivity index (χ3v) is 3.18. The van der Waals surface area contributed by atoms with Gasteiger partial charge in [-0.25, -0.2) is 4.79 Å². The van der Waals surface area contributed by atoms with Gasteiger partial charge in [0.15, 0.2) is 0 Å². The predicted octanol–water partition coefficient (Wildman–Crippen LogP) is 4.52. The summed E-state index contributed by atoms with van der Waals surface area (Å²) >= 11 is 3.38. The number of carbonyl (C=O) groups is 1. The lowest BCUT2D eigenvalue weighted by Gasteiger charge is -2.28. The second-order valence-electron chi connectivity index (χ2n) is 6.56. The van der Waals surface area contributed by atoms with Crippen LogP contribution in [0.1, 0.15) is 41.0 Å². The first kappa shape index (κ1) is 17.8. The van der Waals surface area contributed by atoms with Gasteiger partial charge < -0.3 is 14.8 Å². The van der Waals surface area contributed by atoms with Gasteiger partial charge in [-0.15, -0.1) is 0 Å². The van der Waals surface area contributed by atoms with E-state index in [9.17, 15) is 4.79 Å². The van der Waals surface area contributed by atoms with Crippen LogP contribution in [0.25, 0.3) is 0 Å². The van der Waals surface area contributed by atoms with E-state index in [0.717, 1.165) is 10.2 Å². The van der Waals surface area contributed by atoms with Crippen molar-refractivity contribution < 1.29 is 14.3 Å². The van der Waals surface area contributed by atoms with Crippen molar-refractivity contribution >= 4 is 22.0 Å². The normalized spacial score (nSPS) is 11.9. The Bertz CT molecular complexity index is 463. The molecule has 4 nitrogen and oxygen atoms in total. The van der Waals surface area contributed by atoms with Crippen molar-refractivity contribution in [1.29, 1.82) is 0 Å². The second kappa shape index (κ2) is 7.16. The summed E-state index contributed by atoms with van der Waals surface area (Å²) in [5.41, 5.74) is -0.883. The van der Waals surface area contributed by atoms with E-state index in [1.54, 1.807) is 0 Å². The molecule has 0 radical (unpaired) electrons.